The van der Waals surface area contributed by atoms with Crippen molar-refractivity contribution in [2.75, 3.05) is 0 Å². The molecule has 0 bridgehead atoms. The second kappa shape index (κ2) is 16.1. The van der Waals surface area contributed by atoms with E-state index in [1.807, 2.05) is 18.2 Å². The third-order valence-corrected chi connectivity index (χ3v) is 13.9. The van der Waals surface area contributed by atoms with E-state index >= 15 is 0 Å². The van der Waals surface area contributed by atoms with Crippen LogP contribution in [0, 0.1) is 0 Å². The molecule has 0 unspecified atom stereocenters. The Morgan fingerprint density at radius 3 is 1.49 bits per heavy atom. The molecule has 0 aliphatic heterocycles. The molecule has 0 spiro atoms. The molecular formula is C65H41N5. The van der Waals surface area contributed by atoms with E-state index in [-0.39, 0.29) is 0 Å². The summed E-state index contributed by atoms with van der Waals surface area (Å²) < 4.78 is 4.74. The van der Waals surface area contributed by atoms with Crippen LogP contribution in [0.25, 0.3) is 133 Å². The Morgan fingerprint density at radius 1 is 0.257 bits per heavy atom. The Hall–Kier alpha value is -9.45. The van der Waals surface area contributed by atoms with Gasteiger partial charge < -0.3 is 9.13 Å². The fraction of sp³-hybridized carbons (Fsp3) is 0. The lowest BCUT2D eigenvalue weighted by Crippen LogP contribution is -1.98. The van der Waals surface area contributed by atoms with Gasteiger partial charge in [0.1, 0.15) is 0 Å². The van der Waals surface area contributed by atoms with Crippen LogP contribution in [0.4, 0.5) is 0 Å². The first-order chi connectivity index (χ1) is 34.7. The van der Waals surface area contributed by atoms with Crippen molar-refractivity contribution >= 4 is 65.3 Å². The number of rotatable bonds is 7. The van der Waals surface area contributed by atoms with Crippen LogP contribution in [0.15, 0.2) is 249 Å². The molecule has 5 heteroatoms. The van der Waals surface area contributed by atoms with Gasteiger partial charge in [0.15, 0.2) is 5.82 Å². The van der Waals surface area contributed by atoms with E-state index in [0.717, 1.165) is 83.6 Å². The van der Waals surface area contributed by atoms with Gasteiger partial charge in [0.2, 0.25) is 0 Å². The molecule has 0 radical (unpaired) electrons. The summed E-state index contributed by atoms with van der Waals surface area (Å²) in [5.41, 5.74) is 16.9. The number of benzene rings is 10. The van der Waals surface area contributed by atoms with E-state index in [2.05, 4.69) is 240 Å². The van der Waals surface area contributed by atoms with Crippen LogP contribution in [0.1, 0.15) is 0 Å². The summed E-state index contributed by atoms with van der Waals surface area (Å²) in [6, 6.07) is 88.5. The fourth-order valence-corrected chi connectivity index (χ4v) is 10.7. The molecule has 0 N–H and O–H groups in total. The highest BCUT2D eigenvalue weighted by molar-refractivity contribution is 6.28. The molecule has 70 heavy (non-hydrogen) atoms. The van der Waals surface area contributed by atoms with Gasteiger partial charge in [0, 0.05) is 65.9 Å². The summed E-state index contributed by atoms with van der Waals surface area (Å²) in [7, 11) is 0. The largest absolute Gasteiger partial charge is 0.309 e. The van der Waals surface area contributed by atoms with Crippen LogP contribution < -0.4 is 0 Å². The minimum absolute atomic E-state index is 0.684. The Bertz CT molecular complexity index is 4270. The molecule has 0 atom stereocenters. The predicted octanol–water partition coefficient (Wildman–Crippen LogP) is 16.7. The van der Waals surface area contributed by atoms with E-state index in [1.54, 1.807) is 0 Å². The lowest BCUT2D eigenvalue weighted by molar-refractivity contribution is 1.16. The third kappa shape index (κ3) is 6.44. The summed E-state index contributed by atoms with van der Waals surface area (Å²) in [5, 5.41) is 8.33. The van der Waals surface area contributed by atoms with E-state index < -0.39 is 0 Å². The van der Waals surface area contributed by atoms with Gasteiger partial charge in [-0.05, 0) is 83.2 Å². The first kappa shape index (κ1) is 39.7. The van der Waals surface area contributed by atoms with E-state index in [9.17, 15) is 0 Å². The van der Waals surface area contributed by atoms with Crippen LogP contribution in [0.2, 0.25) is 0 Å². The second-order valence-corrected chi connectivity index (χ2v) is 18.0. The first-order valence-electron chi connectivity index (χ1n) is 23.8. The van der Waals surface area contributed by atoms with Gasteiger partial charge in [-0.1, -0.05) is 182 Å². The van der Waals surface area contributed by atoms with E-state index in [1.165, 1.54) is 43.5 Å². The molecular weight excluding hydrogens is 851 g/mol. The van der Waals surface area contributed by atoms with Gasteiger partial charge in [-0.25, -0.2) is 15.0 Å². The lowest BCUT2D eigenvalue weighted by atomic mass is 9.94. The maximum atomic E-state index is 5.49. The average molecular weight is 892 g/mol. The SMILES string of the molecule is c1ccc(-c2nc(-c3ccc(-c4ccc5nc(-c6ccccc6)c6c(ccc7c6c6ccccc6n7-c6ccccc6)c5c4)cc3)cc(-c3cccc(-n4c5ccccc5c5ccccc54)c3)n2)cc1. The Balaban J connectivity index is 0.895. The van der Waals surface area contributed by atoms with Crippen molar-refractivity contribution in [2.45, 2.75) is 0 Å². The molecule has 14 rings (SSSR count). The molecule has 0 aliphatic carbocycles. The smallest absolute Gasteiger partial charge is 0.160 e. The zero-order valence-electron chi connectivity index (χ0n) is 37.9. The van der Waals surface area contributed by atoms with Crippen molar-refractivity contribution in [3.8, 4) is 67.7 Å². The quantitative estimate of drug-likeness (QED) is 0.150. The number of para-hydroxylation sites is 4. The monoisotopic (exact) mass is 891 g/mol. The summed E-state index contributed by atoms with van der Waals surface area (Å²) in [4.78, 5) is 15.9. The number of pyridine rings is 1. The number of hydrogen-bond acceptors (Lipinski definition) is 3. The van der Waals surface area contributed by atoms with Crippen molar-refractivity contribution < 1.29 is 0 Å². The van der Waals surface area contributed by atoms with Gasteiger partial charge in [-0.15, -0.1) is 0 Å². The fourth-order valence-electron chi connectivity index (χ4n) is 10.7. The highest BCUT2D eigenvalue weighted by Gasteiger charge is 2.21. The Morgan fingerprint density at radius 2 is 0.786 bits per heavy atom. The van der Waals surface area contributed by atoms with E-state index in [0.29, 0.717) is 5.82 Å². The van der Waals surface area contributed by atoms with Crippen LogP contribution in [-0.4, -0.2) is 24.1 Å². The van der Waals surface area contributed by atoms with Crippen molar-refractivity contribution in [1.29, 1.82) is 0 Å². The van der Waals surface area contributed by atoms with Crippen LogP contribution in [0.3, 0.4) is 0 Å². The molecule has 4 aromatic heterocycles. The maximum Gasteiger partial charge on any atom is 0.160 e. The zero-order valence-corrected chi connectivity index (χ0v) is 37.9. The molecule has 10 aromatic carbocycles. The highest BCUT2D eigenvalue weighted by Crippen LogP contribution is 2.44. The lowest BCUT2D eigenvalue weighted by Gasteiger charge is -2.14. The summed E-state index contributed by atoms with van der Waals surface area (Å²) >= 11 is 0. The molecule has 4 heterocycles. The van der Waals surface area contributed by atoms with Crippen LogP contribution in [0.5, 0.6) is 0 Å². The van der Waals surface area contributed by atoms with Crippen LogP contribution in [-0.2, 0) is 0 Å². The van der Waals surface area contributed by atoms with Gasteiger partial charge in [-0.3, -0.25) is 0 Å². The number of hydrogen-bond donors (Lipinski definition) is 0. The predicted molar refractivity (Wildman–Crippen MR) is 291 cm³/mol. The molecule has 0 fully saturated rings. The summed E-state index contributed by atoms with van der Waals surface area (Å²) in [5.74, 6) is 0.684. The number of aromatic nitrogens is 5. The van der Waals surface area contributed by atoms with Crippen molar-refractivity contribution in [3.63, 3.8) is 0 Å². The second-order valence-electron chi connectivity index (χ2n) is 18.0. The topological polar surface area (TPSA) is 48.5 Å². The van der Waals surface area contributed by atoms with E-state index in [4.69, 9.17) is 15.0 Å². The van der Waals surface area contributed by atoms with Gasteiger partial charge in [0.05, 0.1) is 44.7 Å². The molecule has 0 amide bonds. The summed E-state index contributed by atoms with van der Waals surface area (Å²) in [6.45, 7) is 0. The Kier molecular flexibility index (Phi) is 9.14. The molecule has 326 valence electrons. The van der Waals surface area contributed by atoms with Gasteiger partial charge in [0.25, 0.3) is 0 Å². The zero-order chi connectivity index (χ0) is 46.1. The normalized spacial score (nSPS) is 11.7. The van der Waals surface area contributed by atoms with Gasteiger partial charge in [-0.2, -0.15) is 0 Å². The molecule has 0 aliphatic rings. The molecule has 0 saturated heterocycles. The maximum absolute atomic E-state index is 5.49. The molecule has 0 saturated carbocycles. The average Bonchev–Trinajstić information content (AvgIpc) is 3.97. The van der Waals surface area contributed by atoms with Crippen molar-refractivity contribution in [3.05, 3.63) is 249 Å². The Labute approximate surface area is 403 Å². The first-order valence-corrected chi connectivity index (χ1v) is 23.8. The molecule has 5 nitrogen and oxygen atoms in total. The minimum atomic E-state index is 0.684. The van der Waals surface area contributed by atoms with Gasteiger partial charge >= 0.3 is 0 Å². The van der Waals surface area contributed by atoms with Crippen LogP contribution >= 0.6 is 0 Å². The molecule has 14 aromatic rings. The number of nitrogens with zero attached hydrogens (tertiary/aromatic N) is 5. The highest BCUT2D eigenvalue weighted by atomic mass is 15.0. The van der Waals surface area contributed by atoms with Crippen molar-refractivity contribution in [2.24, 2.45) is 0 Å². The minimum Gasteiger partial charge on any atom is -0.309 e. The van der Waals surface area contributed by atoms with Crippen molar-refractivity contribution in [1.82, 2.24) is 24.1 Å². The standard InChI is InChI=1S/C65H41N5/c1-4-17-44(18-5-1)64-63-52(36-38-61-62(63)53-27-12-15-30-60(53)69(61)48-22-8-3-9-23-48)54-40-46(35-37-55(54)66-64)42-31-33-43(34-32-42)56-41-57(68-65(67-56)45-19-6-2-7-20-45)47-21-16-24-49(39-47)70-58-28-13-10-25-50(58)51-26-11-14-29-59(51)70/h1-41H. The number of fused-ring (bicyclic) bond motifs is 10. The third-order valence-electron chi connectivity index (χ3n) is 13.9. The summed E-state index contributed by atoms with van der Waals surface area (Å²) in [6.07, 6.45) is 0.